The third kappa shape index (κ3) is 2.28. The first-order valence-corrected chi connectivity index (χ1v) is 7.02. The Labute approximate surface area is 60.8 Å². The van der Waals surface area contributed by atoms with Gasteiger partial charge in [0.05, 0.1) is 12.1 Å². The van der Waals surface area contributed by atoms with Crippen LogP contribution in [-0.4, -0.2) is 12.1 Å². The minimum absolute atomic E-state index is 0.111. The fourth-order valence-electron chi connectivity index (χ4n) is 0. The van der Waals surface area contributed by atoms with Crippen molar-refractivity contribution in [3.8, 4) is 0 Å². The van der Waals surface area contributed by atoms with E-state index in [0.717, 1.165) is 0 Å². The van der Waals surface area contributed by atoms with Gasteiger partial charge in [0, 0.05) is 0 Å². The normalized spacial score (nSPS) is 20.2. The van der Waals surface area contributed by atoms with Crippen molar-refractivity contribution in [3.05, 3.63) is 0 Å². The number of rotatable bonds is 1. The van der Waals surface area contributed by atoms with E-state index in [1.165, 1.54) is 0 Å². The van der Waals surface area contributed by atoms with E-state index in [9.17, 15) is 0 Å². The van der Waals surface area contributed by atoms with Gasteiger partial charge in [-0.3, -0.25) is 0 Å². The molecule has 0 spiro atoms. The predicted molar refractivity (Wildman–Crippen MR) is 44.9 cm³/mol. The lowest BCUT2D eigenvalue weighted by Gasteiger charge is -2.30. The quantitative estimate of drug-likeness (QED) is 0.387. The molecular formula is C5H14BrNSi. The summed E-state index contributed by atoms with van der Waals surface area (Å²) < 4.78 is -0.111. The van der Waals surface area contributed by atoms with Crippen molar-refractivity contribution in [3.63, 3.8) is 0 Å². The van der Waals surface area contributed by atoms with Crippen molar-refractivity contribution >= 4 is 24.0 Å². The average molecular weight is 196 g/mol. The number of hydrogen-bond donors (Lipinski definition) is 1. The van der Waals surface area contributed by atoms with Crippen molar-refractivity contribution in [2.24, 2.45) is 5.73 Å². The third-order valence-electron chi connectivity index (χ3n) is 1.47. The Hall–Kier alpha value is 0.657. The van der Waals surface area contributed by atoms with Crippen molar-refractivity contribution in [2.75, 3.05) is 0 Å². The second-order valence-electron chi connectivity index (χ2n) is 3.33. The molecule has 0 aromatic carbocycles. The molecule has 0 aromatic rings. The molecule has 0 aliphatic rings. The molecule has 0 fully saturated rings. The predicted octanol–water partition coefficient (Wildman–Crippen LogP) is 1.93. The van der Waals surface area contributed by atoms with E-state index in [1.807, 2.05) is 6.92 Å². The fourth-order valence-corrected chi connectivity index (χ4v) is 0. The second kappa shape index (κ2) is 2.12. The molecule has 3 heteroatoms. The Balaban J connectivity index is 4.02. The molecule has 0 saturated carbocycles. The summed E-state index contributed by atoms with van der Waals surface area (Å²) in [5.41, 5.74) is 5.79. The molecule has 8 heavy (non-hydrogen) atoms. The van der Waals surface area contributed by atoms with Gasteiger partial charge in [0.1, 0.15) is 0 Å². The van der Waals surface area contributed by atoms with Crippen LogP contribution in [0.2, 0.25) is 19.6 Å². The smallest absolute Gasteiger partial charge is 0.0804 e. The SMILES string of the molecule is CC(N)(Br)[Si](C)(C)C. The number of hydrogen-bond acceptors (Lipinski definition) is 1. The molecule has 0 radical (unpaired) electrons. The highest BCUT2D eigenvalue weighted by Crippen LogP contribution is 2.22. The highest BCUT2D eigenvalue weighted by Gasteiger charge is 2.32. The Morgan fingerprint density at radius 1 is 1.38 bits per heavy atom. The maximum absolute atomic E-state index is 5.79. The van der Waals surface area contributed by atoms with E-state index in [1.54, 1.807) is 0 Å². The maximum Gasteiger partial charge on any atom is 0.0804 e. The van der Waals surface area contributed by atoms with E-state index in [-0.39, 0.29) is 4.07 Å². The van der Waals surface area contributed by atoms with Gasteiger partial charge in [-0.15, -0.1) is 0 Å². The van der Waals surface area contributed by atoms with Gasteiger partial charge in [0.2, 0.25) is 0 Å². The summed E-state index contributed by atoms with van der Waals surface area (Å²) >= 11 is 3.44. The van der Waals surface area contributed by atoms with Crippen LogP contribution in [0.5, 0.6) is 0 Å². The zero-order valence-electron chi connectivity index (χ0n) is 5.96. The van der Waals surface area contributed by atoms with Crippen LogP contribution in [0.25, 0.3) is 0 Å². The van der Waals surface area contributed by atoms with Gasteiger partial charge in [-0.1, -0.05) is 35.6 Å². The first-order valence-electron chi connectivity index (χ1n) is 2.73. The molecule has 0 heterocycles. The maximum atomic E-state index is 5.79. The minimum Gasteiger partial charge on any atom is -0.319 e. The lowest BCUT2D eigenvalue weighted by Crippen LogP contribution is -2.51. The number of nitrogens with two attached hydrogens (primary N) is 1. The second-order valence-corrected chi connectivity index (χ2v) is 11.2. The summed E-state index contributed by atoms with van der Waals surface area (Å²) in [5, 5.41) is 0. The zero-order chi connectivity index (χ0) is 7.00. The highest BCUT2D eigenvalue weighted by molar-refractivity contribution is 9.10. The molecule has 2 N–H and O–H groups in total. The van der Waals surface area contributed by atoms with Gasteiger partial charge < -0.3 is 5.73 Å². The number of halogens is 1. The summed E-state index contributed by atoms with van der Waals surface area (Å²) in [7, 11) is -1.16. The summed E-state index contributed by atoms with van der Waals surface area (Å²) in [4.78, 5) is 0. The molecule has 0 aliphatic carbocycles. The summed E-state index contributed by atoms with van der Waals surface area (Å²) in [6.07, 6.45) is 0. The van der Waals surface area contributed by atoms with E-state index in [2.05, 4.69) is 35.6 Å². The molecule has 0 saturated heterocycles. The van der Waals surface area contributed by atoms with Gasteiger partial charge in [-0.05, 0) is 6.92 Å². The topological polar surface area (TPSA) is 26.0 Å². The largest absolute Gasteiger partial charge is 0.319 e. The van der Waals surface area contributed by atoms with Crippen LogP contribution in [0.1, 0.15) is 6.92 Å². The van der Waals surface area contributed by atoms with Crippen LogP contribution in [0.3, 0.4) is 0 Å². The van der Waals surface area contributed by atoms with Gasteiger partial charge in [0.15, 0.2) is 0 Å². The van der Waals surface area contributed by atoms with E-state index >= 15 is 0 Å². The van der Waals surface area contributed by atoms with E-state index in [4.69, 9.17) is 5.73 Å². The summed E-state index contributed by atoms with van der Waals surface area (Å²) in [6.45, 7) is 8.74. The van der Waals surface area contributed by atoms with Crippen LogP contribution >= 0.6 is 15.9 Å². The summed E-state index contributed by atoms with van der Waals surface area (Å²) in [5.74, 6) is 0. The van der Waals surface area contributed by atoms with Crippen molar-refractivity contribution < 1.29 is 0 Å². The standard InChI is InChI=1S/C5H14BrNSi/c1-5(6,7)8(2,3)4/h7H2,1-4H3. The van der Waals surface area contributed by atoms with Crippen LogP contribution in [0, 0.1) is 0 Å². The minimum atomic E-state index is -1.16. The molecule has 0 aliphatic heterocycles. The average Bonchev–Trinajstić information content (AvgIpc) is 1.25. The molecule has 1 atom stereocenters. The van der Waals surface area contributed by atoms with E-state index < -0.39 is 8.07 Å². The van der Waals surface area contributed by atoms with Gasteiger partial charge in [-0.25, -0.2) is 0 Å². The van der Waals surface area contributed by atoms with Crippen molar-refractivity contribution in [2.45, 2.75) is 30.6 Å². The fraction of sp³-hybridized carbons (Fsp3) is 1.00. The molecule has 0 rings (SSSR count). The molecule has 50 valence electrons. The Bertz CT molecular complexity index is 67.4. The van der Waals surface area contributed by atoms with Crippen molar-refractivity contribution in [1.29, 1.82) is 0 Å². The molecule has 0 amide bonds. The van der Waals surface area contributed by atoms with Crippen molar-refractivity contribution in [1.82, 2.24) is 0 Å². The lowest BCUT2D eigenvalue weighted by atomic mass is 10.8. The van der Waals surface area contributed by atoms with Crippen LogP contribution < -0.4 is 5.73 Å². The van der Waals surface area contributed by atoms with E-state index in [0.29, 0.717) is 0 Å². The molecule has 1 nitrogen and oxygen atoms in total. The third-order valence-corrected chi connectivity index (χ3v) is 7.97. The molecule has 0 aromatic heterocycles. The molecule has 1 unspecified atom stereocenters. The number of alkyl halides is 1. The lowest BCUT2D eigenvalue weighted by molar-refractivity contribution is 0.917. The van der Waals surface area contributed by atoms with Crippen LogP contribution in [-0.2, 0) is 0 Å². The van der Waals surface area contributed by atoms with Crippen LogP contribution in [0.4, 0.5) is 0 Å². The van der Waals surface area contributed by atoms with Gasteiger partial charge in [-0.2, -0.15) is 0 Å². The molecule has 0 bridgehead atoms. The Morgan fingerprint density at radius 3 is 1.50 bits per heavy atom. The highest BCUT2D eigenvalue weighted by atomic mass is 79.9. The van der Waals surface area contributed by atoms with Gasteiger partial charge in [0.25, 0.3) is 0 Å². The monoisotopic (exact) mass is 195 g/mol. The Kier molecular flexibility index (Phi) is 2.29. The van der Waals surface area contributed by atoms with Gasteiger partial charge >= 0.3 is 0 Å². The molecular weight excluding hydrogens is 182 g/mol. The summed E-state index contributed by atoms with van der Waals surface area (Å²) in [6, 6.07) is 0. The Morgan fingerprint density at radius 2 is 1.50 bits per heavy atom. The zero-order valence-corrected chi connectivity index (χ0v) is 8.54. The first kappa shape index (κ1) is 8.66. The first-order chi connectivity index (χ1) is 3.25. The van der Waals surface area contributed by atoms with Crippen LogP contribution in [0.15, 0.2) is 0 Å².